The van der Waals surface area contributed by atoms with Crippen LogP contribution in [0.5, 0.6) is 5.75 Å². The summed E-state index contributed by atoms with van der Waals surface area (Å²) in [4.78, 5) is 43.7. The molecule has 1 atom stereocenters. The Kier molecular flexibility index (Phi) is 9.28. The van der Waals surface area contributed by atoms with Gasteiger partial charge in [0.1, 0.15) is 17.1 Å². The minimum Gasteiger partial charge on any atom is -0.497 e. The van der Waals surface area contributed by atoms with Crippen LogP contribution in [-0.4, -0.2) is 54.5 Å². The van der Waals surface area contributed by atoms with Crippen molar-refractivity contribution in [1.29, 1.82) is 0 Å². The summed E-state index contributed by atoms with van der Waals surface area (Å²) < 4.78 is 30.3. The standard InChI is InChI=1S/C33H33FN2O6/c1-40-27-14-10-23(11-15-27)17-31(37)36(20-28-5-4-16-41-28)21-32(38)35(18-24-8-12-26(34)13-9-24)19-25-22-42-30-7-3-2-6-29(30)33(25)39/h2-3,6-15,22,28H,4-5,16-21H2,1H3. The lowest BCUT2D eigenvalue weighted by Gasteiger charge is -2.29. The summed E-state index contributed by atoms with van der Waals surface area (Å²) in [5, 5.41) is 0.416. The van der Waals surface area contributed by atoms with Crippen LogP contribution in [-0.2, 0) is 33.8 Å². The van der Waals surface area contributed by atoms with E-state index in [0.717, 1.165) is 18.4 Å². The first-order chi connectivity index (χ1) is 20.4. The van der Waals surface area contributed by atoms with Gasteiger partial charge >= 0.3 is 0 Å². The number of carbonyl (C=O) groups excluding carboxylic acids is 2. The lowest BCUT2D eigenvalue weighted by atomic mass is 10.1. The summed E-state index contributed by atoms with van der Waals surface area (Å²) in [5.74, 6) is -0.269. The molecule has 218 valence electrons. The highest BCUT2D eigenvalue weighted by Crippen LogP contribution is 2.18. The van der Waals surface area contributed by atoms with E-state index in [0.29, 0.717) is 34.5 Å². The maximum Gasteiger partial charge on any atom is 0.242 e. The SMILES string of the molecule is COc1ccc(CC(=O)N(CC(=O)N(Cc2ccc(F)cc2)Cc2coc3ccccc3c2=O)CC2CCCO2)cc1. The highest BCUT2D eigenvalue weighted by atomic mass is 19.1. The Morgan fingerprint density at radius 2 is 1.67 bits per heavy atom. The van der Waals surface area contributed by atoms with E-state index in [1.807, 2.05) is 12.1 Å². The Hall–Kier alpha value is -4.50. The molecule has 1 saturated heterocycles. The van der Waals surface area contributed by atoms with Gasteiger partial charge in [-0.05, 0) is 60.4 Å². The molecule has 42 heavy (non-hydrogen) atoms. The maximum absolute atomic E-state index is 13.9. The zero-order valence-corrected chi connectivity index (χ0v) is 23.5. The van der Waals surface area contributed by atoms with Gasteiger partial charge in [-0.1, -0.05) is 36.4 Å². The van der Waals surface area contributed by atoms with E-state index >= 15 is 0 Å². The quantitative estimate of drug-likeness (QED) is 0.259. The second-order valence-electron chi connectivity index (χ2n) is 10.4. The number of para-hydroxylation sites is 1. The number of benzene rings is 3. The van der Waals surface area contributed by atoms with Crippen molar-refractivity contribution in [3.63, 3.8) is 0 Å². The molecule has 8 nitrogen and oxygen atoms in total. The summed E-state index contributed by atoms with van der Waals surface area (Å²) in [5.41, 5.74) is 2.00. The number of carbonyl (C=O) groups is 2. The monoisotopic (exact) mass is 572 g/mol. The van der Waals surface area contributed by atoms with Gasteiger partial charge in [0.25, 0.3) is 0 Å². The first-order valence-electron chi connectivity index (χ1n) is 13.9. The van der Waals surface area contributed by atoms with Crippen molar-refractivity contribution < 1.29 is 27.9 Å². The summed E-state index contributed by atoms with van der Waals surface area (Å²) in [7, 11) is 1.58. The van der Waals surface area contributed by atoms with Gasteiger partial charge in [0.2, 0.25) is 11.8 Å². The average molecular weight is 573 g/mol. The van der Waals surface area contributed by atoms with Crippen molar-refractivity contribution in [2.24, 2.45) is 0 Å². The molecule has 0 bridgehead atoms. The molecule has 0 saturated carbocycles. The first kappa shape index (κ1) is 29.0. The van der Waals surface area contributed by atoms with Crippen LogP contribution in [0, 0.1) is 5.82 Å². The Labute approximate surface area is 243 Å². The first-order valence-corrected chi connectivity index (χ1v) is 13.9. The number of fused-ring (bicyclic) bond motifs is 1. The third kappa shape index (κ3) is 7.22. The van der Waals surface area contributed by atoms with E-state index < -0.39 is 5.82 Å². The Balaban J connectivity index is 1.39. The fourth-order valence-electron chi connectivity index (χ4n) is 5.06. The fraction of sp³-hybridized carbons (Fsp3) is 0.303. The van der Waals surface area contributed by atoms with Gasteiger partial charge in [-0.3, -0.25) is 14.4 Å². The van der Waals surface area contributed by atoms with Gasteiger partial charge in [0, 0.05) is 19.7 Å². The highest BCUT2D eigenvalue weighted by molar-refractivity contribution is 5.86. The summed E-state index contributed by atoms with van der Waals surface area (Å²) >= 11 is 0. The molecule has 2 amide bonds. The Morgan fingerprint density at radius 1 is 0.929 bits per heavy atom. The topological polar surface area (TPSA) is 89.3 Å². The van der Waals surface area contributed by atoms with Crippen LogP contribution < -0.4 is 10.2 Å². The lowest BCUT2D eigenvalue weighted by Crippen LogP contribution is -2.46. The summed E-state index contributed by atoms with van der Waals surface area (Å²) in [6, 6.07) is 20.0. The third-order valence-electron chi connectivity index (χ3n) is 7.39. The minimum absolute atomic E-state index is 0.0379. The molecule has 0 N–H and O–H groups in total. The molecule has 2 heterocycles. The van der Waals surface area contributed by atoms with Gasteiger partial charge < -0.3 is 23.7 Å². The van der Waals surface area contributed by atoms with Gasteiger partial charge in [0.15, 0.2) is 5.43 Å². The average Bonchev–Trinajstić information content (AvgIpc) is 3.52. The van der Waals surface area contributed by atoms with Crippen molar-refractivity contribution in [2.75, 3.05) is 26.8 Å². The predicted octanol–water partition coefficient (Wildman–Crippen LogP) is 4.72. The normalized spacial score (nSPS) is 14.6. The number of rotatable bonds is 11. The molecule has 1 aliphatic rings. The van der Waals surface area contributed by atoms with E-state index in [1.54, 1.807) is 55.6 Å². The molecule has 1 aromatic heterocycles. The number of nitrogens with zero attached hydrogens (tertiary/aromatic N) is 2. The molecule has 1 aliphatic heterocycles. The van der Waals surface area contributed by atoms with Crippen LogP contribution in [0.4, 0.5) is 4.39 Å². The Bertz CT molecular complexity index is 1580. The zero-order chi connectivity index (χ0) is 29.5. The molecule has 9 heteroatoms. The highest BCUT2D eigenvalue weighted by Gasteiger charge is 2.27. The van der Waals surface area contributed by atoms with Gasteiger partial charge in [-0.25, -0.2) is 4.39 Å². The van der Waals surface area contributed by atoms with Crippen molar-refractivity contribution in [3.8, 4) is 5.75 Å². The maximum atomic E-state index is 13.9. The molecule has 0 spiro atoms. The van der Waals surface area contributed by atoms with Crippen molar-refractivity contribution in [1.82, 2.24) is 9.80 Å². The van der Waals surface area contributed by atoms with Crippen LogP contribution in [0.25, 0.3) is 11.0 Å². The van der Waals surface area contributed by atoms with Crippen LogP contribution >= 0.6 is 0 Å². The third-order valence-corrected chi connectivity index (χ3v) is 7.39. The molecule has 0 aliphatic carbocycles. The number of ether oxygens (including phenoxy) is 2. The van der Waals surface area contributed by atoms with E-state index in [9.17, 15) is 18.8 Å². The van der Waals surface area contributed by atoms with Crippen molar-refractivity contribution in [2.45, 2.75) is 38.5 Å². The van der Waals surface area contributed by atoms with Crippen LogP contribution in [0.1, 0.15) is 29.5 Å². The van der Waals surface area contributed by atoms with E-state index in [4.69, 9.17) is 13.9 Å². The molecule has 5 rings (SSSR count). The number of hydrogen-bond donors (Lipinski definition) is 0. The lowest BCUT2D eigenvalue weighted by molar-refractivity contribution is -0.142. The number of hydrogen-bond acceptors (Lipinski definition) is 6. The molecular weight excluding hydrogens is 539 g/mol. The zero-order valence-electron chi connectivity index (χ0n) is 23.5. The van der Waals surface area contributed by atoms with Gasteiger partial charge in [-0.15, -0.1) is 0 Å². The predicted molar refractivity (Wildman–Crippen MR) is 155 cm³/mol. The smallest absolute Gasteiger partial charge is 0.242 e. The van der Waals surface area contributed by atoms with Gasteiger partial charge in [0.05, 0.1) is 49.9 Å². The van der Waals surface area contributed by atoms with Gasteiger partial charge in [-0.2, -0.15) is 0 Å². The minimum atomic E-state index is -0.390. The fourth-order valence-corrected chi connectivity index (χ4v) is 5.06. The van der Waals surface area contributed by atoms with Crippen molar-refractivity contribution in [3.05, 3.63) is 112 Å². The van der Waals surface area contributed by atoms with Crippen LogP contribution in [0.15, 0.2) is 88.3 Å². The molecule has 1 unspecified atom stereocenters. The second kappa shape index (κ2) is 13.4. The second-order valence-corrected chi connectivity index (χ2v) is 10.4. The van der Waals surface area contributed by atoms with E-state index in [-0.39, 0.29) is 55.9 Å². The van der Waals surface area contributed by atoms with E-state index in [2.05, 4.69) is 0 Å². The molecule has 1 fully saturated rings. The van der Waals surface area contributed by atoms with Crippen molar-refractivity contribution >= 4 is 22.8 Å². The number of amides is 2. The molecule has 0 radical (unpaired) electrons. The number of halogens is 1. The summed E-state index contributed by atoms with van der Waals surface area (Å²) in [6.07, 6.45) is 3.02. The molecule has 4 aromatic rings. The summed E-state index contributed by atoms with van der Waals surface area (Å²) in [6.45, 7) is 0.779. The van der Waals surface area contributed by atoms with Crippen LogP contribution in [0.2, 0.25) is 0 Å². The molecular formula is C33H33FN2O6. The van der Waals surface area contributed by atoms with E-state index in [1.165, 1.54) is 28.2 Å². The number of methoxy groups -OCH3 is 1. The van der Waals surface area contributed by atoms with Crippen LogP contribution in [0.3, 0.4) is 0 Å². The molecule has 3 aromatic carbocycles. The largest absolute Gasteiger partial charge is 0.497 e. The Morgan fingerprint density at radius 3 is 2.38 bits per heavy atom.